The topological polar surface area (TPSA) is 51.0 Å². The second-order valence-corrected chi connectivity index (χ2v) is 6.51. The standard InChI is InChI=1S/C18H24N4O/c1-13-6-7-17(10-19-13)18(23)21-8-4-5-16(11-21)12-22-14(2)9-20-15(22)3/h6-7,9-10,16H,4-5,8,11-12H2,1-3H3. The molecule has 3 rings (SSSR count). The molecule has 0 aliphatic carbocycles. The van der Waals surface area contributed by atoms with Crippen molar-refractivity contribution in [2.24, 2.45) is 5.92 Å². The zero-order chi connectivity index (χ0) is 16.4. The molecule has 1 atom stereocenters. The summed E-state index contributed by atoms with van der Waals surface area (Å²) < 4.78 is 2.26. The molecular formula is C18H24N4O. The van der Waals surface area contributed by atoms with Crippen molar-refractivity contribution < 1.29 is 4.79 Å². The van der Waals surface area contributed by atoms with E-state index < -0.39 is 0 Å². The lowest BCUT2D eigenvalue weighted by atomic mass is 9.97. The molecule has 1 amide bonds. The molecule has 1 saturated heterocycles. The summed E-state index contributed by atoms with van der Waals surface area (Å²) in [5.41, 5.74) is 2.81. The Morgan fingerprint density at radius 1 is 1.22 bits per heavy atom. The smallest absolute Gasteiger partial charge is 0.255 e. The minimum absolute atomic E-state index is 0.0984. The first-order valence-corrected chi connectivity index (χ1v) is 8.25. The Kier molecular flexibility index (Phi) is 4.46. The van der Waals surface area contributed by atoms with Crippen molar-refractivity contribution in [2.45, 2.75) is 40.2 Å². The number of piperidine rings is 1. The second-order valence-electron chi connectivity index (χ2n) is 6.51. The first-order chi connectivity index (χ1) is 11.0. The van der Waals surface area contributed by atoms with Crippen LogP contribution < -0.4 is 0 Å². The van der Waals surface area contributed by atoms with Crippen molar-refractivity contribution in [3.8, 4) is 0 Å². The van der Waals surface area contributed by atoms with Gasteiger partial charge >= 0.3 is 0 Å². The first kappa shape index (κ1) is 15.7. The monoisotopic (exact) mass is 312 g/mol. The molecule has 0 aromatic carbocycles. The van der Waals surface area contributed by atoms with E-state index >= 15 is 0 Å². The first-order valence-electron chi connectivity index (χ1n) is 8.25. The zero-order valence-corrected chi connectivity index (χ0v) is 14.1. The van der Waals surface area contributed by atoms with Crippen molar-refractivity contribution in [2.75, 3.05) is 13.1 Å². The molecule has 5 heteroatoms. The lowest BCUT2D eigenvalue weighted by Crippen LogP contribution is -2.41. The number of likely N-dealkylation sites (tertiary alicyclic amines) is 1. The Bertz CT molecular complexity index is 670. The maximum atomic E-state index is 12.7. The summed E-state index contributed by atoms with van der Waals surface area (Å²) in [6, 6.07) is 3.77. The van der Waals surface area contributed by atoms with E-state index in [0.29, 0.717) is 11.5 Å². The van der Waals surface area contributed by atoms with Crippen LogP contribution >= 0.6 is 0 Å². The van der Waals surface area contributed by atoms with Crippen LogP contribution in [0.15, 0.2) is 24.5 Å². The van der Waals surface area contributed by atoms with Gasteiger partial charge in [0.15, 0.2) is 0 Å². The van der Waals surface area contributed by atoms with Gasteiger partial charge in [0.1, 0.15) is 5.82 Å². The largest absolute Gasteiger partial charge is 0.338 e. The molecule has 1 aliphatic heterocycles. The van der Waals surface area contributed by atoms with Gasteiger partial charge in [0.2, 0.25) is 0 Å². The number of amides is 1. The van der Waals surface area contributed by atoms with Crippen LogP contribution in [0, 0.1) is 26.7 Å². The molecule has 0 bridgehead atoms. The van der Waals surface area contributed by atoms with Crippen molar-refractivity contribution in [1.29, 1.82) is 0 Å². The van der Waals surface area contributed by atoms with Crippen LogP contribution in [-0.4, -0.2) is 38.4 Å². The number of aromatic nitrogens is 3. The van der Waals surface area contributed by atoms with Crippen molar-refractivity contribution in [3.05, 3.63) is 47.3 Å². The lowest BCUT2D eigenvalue weighted by molar-refractivity contribution is 0.0661. The molecule has 1 unspecified atom stereocenters. The van der Waals surface area contributed by atoms with Gasteiger partial charge in [0, 0.05) is 43.4 Å². The number of pyridine rings is 1. The van der Waals surface area contributed by atoms with Crippen LogP contribution in [0.1, 0.15) is 40.4 Å². The molecule has 2 aromatic heterocycles. The highest BCUT2D eigenvalue weighted by Gasteiger charge is 2.25. The van der Waals surface area contributed by atoms with Crippen molar-refractivity contribution in [1.82, 2.24) is 19.4 Å². The molecule has 2 aromatic rings. The van der Waals surface area contributed by atoms with Gasteiger partial charge in [0.05, 0.1) is 5.56 Å². The van der Waals surface area contributed by atoms with Crippen LogP contribution in [0.4, 0.5) is 0 Å². The molecule has 5 nitrogen and oxygen atoms in total. The van der Waals surface area contributed by atoms with Crippen LogP contribution in [0.2, 0.25) is 0 Å². The van der Waals surface area contributed by atoms with Crippen molar-refractivity contribution >= 4 is 5.91 Å². The number of carbonyl (C=O) groups excluding carboxylic acids is 1. The summed E-state index contributed by atoms with van der Waals surface area (Å²) in [6.45, 7) is 8.64. The molecule has 1 fully saturated rings. The van der Waals surface area contributed by atoms with E-state index in [-0.39, 0.29) is 5.91 Å². The molecule has 0 N–H and O–H groups in total. The van der Waals surface area contributed by atoms with Gasteiger partial charge in [0.25, 0.3) is 5.91 Å². The summed E-state index contributed by atoms with van der Waals surface area (Å²) >= 11 is 0. The Balaban J connectivity index is 1.68. The van der Waals surface area contributed by atoms with E-state index in [9.17, 15) is 4.79 Å². The van der Waals surface area contributed by atoms with Crippen LogP contribution in [0.3, 0.4) is 0 Å². The lowest BCUT2D eigenvalue weighted by Gasteiger charge is -2.33. The van der Waals surface area contributed by atoms with Crippen LogP contribution in [-0.2, 0) is 6.54 Å². The molecule has 122 valence electrons. The van der Waals surface area contributed by atoms with E-state index in [1.54, 1.807) is 6.20 Å². The van der Waals surface area contributed by atoms with Gasteiger partial charge in [-0.05, 0) is 51.7 Å². The molecule has 0 saturated carbocycles. The molecule has 1 aliphatic rings. The summed E-state index contributed by atoms with van der Waals surface area (Å²) in [4.78, 5) is 23.2. The normalized spacial score (nSPS) is 18.2. The number of imidazole rings is 1. The average Bonchev–Trinajstić information content (AvgIpc) is 2.87. The van der Waals surface area contributed by atoms with Gasteiger partial charge < -0.3 is 9.47 Å². The Labute approximate surface area is 137 Å². The highest BCUT2D eigenvalue weighted by atomic mass is 16.2. The number of carbonyl (C=O) groups is 1. The quantitative estimate of drug-likeness (QED) is 0.875. The fraction of sp³-hybridized carbons (Fsp3) is 0.500. The summed E-state index contributed by atoms with van der Waals surface area (Å²) in [5, 5.41) is 0. The second kappa shape index (κ2) is 6.52. The van der Waals surface area contributed by atoms with E-state index in [4.69, 9.17) is 0 Å². The predicted octanol–water partition coefficient (Wildman–Crippen LogP) is 2.76. The minimum Gasteiger partial charge on any atom is -0.338 e. The number of hydrogen-bond acceptors (Lipinski definition) is 3. The number of nitrogens with zero attached hydrogens (tertiary/aromatic N) is 4. The van der Waals surface area contributed by atoms with Gasteiger partial charge in [-0.15, -0.1) is 0 Å². The van der Waals surface area contributed by atoms with Gasteiger partial charge in [-0.25, -0.2) is 4.98 Å². The van der Waals surface area contributed by atoms with Gasteiger partial charge in [-0.1, -0.05) is 0 Å². The SMILES string of the molecule is Cc1ccc(C(=O)N2CCCC(Cn3c(C)cnc3C)C2)cn1. The maximum Gasteiger partial charge on any atom is 0.255 e. The third kappa shape index (κ3) is 3.44. The number of hydrogen-bond donors (Lipinski definition) is 0. The third-order valence-corrected chi connectivity index (χ3v) is 4.66. The highest BCUT2D eigenvalue weighted by Crippen LogP contribution is 2.21. The summed E-state index contributed by atoms with van der Waals surface area (Å²) in [5.74, 6) is 1.63. The fourth-order valence-electron chi connectivity index (χ4n) is 3.29. The van der Waals surface area contributed by atoms with Crippen molar-refractivity contribution in [3.63, 3.8) is 0 Å². The number of aryl methyl sites for hydroxylation is 3. The molecule has 0 radical (unpaired) electrons. The molecule has 3 heterocycles. The predicted molar refractivity (Wildman–Crippen MR) is 89.3 cm³/mol. The Morgan fingerprint density at radius 3 is 2.70 bits per heavy atom. The van der Waals surface area contributed by atoms with E-state index in [0.717, 1.165) is 44.0 Å². The highest BCUT2D eigenvalue weighted by molar-refractivity contribution is 5.94. The minimum atomic E-state index is 0.0984. The number of rotatable bonds is 3. The Morgan fingerprint density at radius 2 is 2.04 bits per heavy atom. The van der Waals surface area contributed by atoms with E-state index in [1.807, 2.05) is 37.1 Å². The summed E-state index contributed by atoms with van der Waals surface area (Å²) in [6.07, 6.45) is 5.82. The van der Waals surface area contributed by atoms with Gasteiger partial charge in [-0.3, -0.25) is 9.78 Å². The molecule has 23 heavy (non-hydrogen) atoms. The van der Waals surface area contributed by atoms with Crippen LogP contribution in [0.25, 0.3) is 0 Å². The molecule has 0 spiro atoms. The average molecular weight is 312 g/mol. The van der Waals surface area contributed by atoms with E-state index in [2.05, 4.69) is 21.5 Å². The zero-order valence-electron chi connectivity index (χ0n) is 14.1. The Hall–Kier alpha value is -2.17. The maximum absolute atomic E-state index is 12.7. The van der Waals surface area contributed by atoms with Crippen LogP contribution in [0.5, 0.6) is 0 Å². The molecular weight excluding hydrogens is 288 g/mol. The van der Waals surface area contributed by atoms with Gasteiger partial charge in [-0.2, -0.15) is 0 Å². The third-order valence-electron chi connectivity index (χ3n) is 4.66. The fourth-order valence-corrected chi connectivity index (χ4v) is 3.29. The van der Waals surface area contributed by atoms with E-state index in [1.165, 1.54) is 5.69 Å². The summed E-state index contributed by atoms with van der Waals surface area (Å²) in [7, 11) is 0.